The van der Waals surface area contributed by atoms with Crippen molar-refractivity contribution in [3.8, 4) is 0 Å². The maximum Gasteiger partial charge on any atom is 0.231 e. The van der Waals surface area contributed by atoms with Crippen LogP contribution in [-0.2, 0) is 4.79 Å². The van der Waals surface area contributed by atoms with Gasteiger partial charge in [0.05, 0.1) is 0 Å². The maximum absolute atomic E-state index is 12.2. The van der Waals surface area contributed by atoms with Crippen LogP contribution in [0.4, 0.5) is 5.82 Å². The van der Waals surface area contributed by atoms with Crippen LogP contribution < -0.4 is 5.32 Å². The normalized spacial score (nSPS) is 18.7. The molecular formula is C12H16ClN3O. The highest BCUT2D eigenvalue weighted by Gasteiger charge is 2.34. The highest BCUT2D eigenvalue weighted by molar-refractivity contribution is 6.28. The lowest BCUT2D eigenvalue weighted by atomic mass is 9.75. The fraction of sp³-hybridized carbons (Fsp3) is 0.583. The summed E-state index contributed by atoms with van der Waals surface area (Å²) in [5.41, 5.74) is -0.268. The van der Waals surface area contributed by atoms with Gasteiger partial charge < -0.3 is 5.32 Å². The maximum atomic E-state index is 12.2. The molecule has 4 nitrogen and oxygen atoms in total. The van der Waals surface area contributed by atoms with Crippen molar-refractivity contribution in [2.75, 3.05) is 5.32 Å². The molecule has 0 bridgehead atoms. The average Bonchev–Trinajstić information content (AvgIpc) is 2.30. The highest BCUT2D eigenvalue weighted by Crippen LogP contribution is 2.36. The summed E-state index contributed by atoms with van der Waals surface area (Å²) in [7, 11) is 0. The third kappa shape index (κ3) is 2.94. The van der Waals surface area contributed by atoms with E-state index in [1.54, 1.807) is 6.07 Å². The minimum Gasteiger partial charge on any atom is -0.310 e. The lowest BCUT2D eigenvalue weighted by Gasteiger charge is -2.31. The van der Waals surface area contributed by atoms with E-state index in [-0.39, 0.29) is 16.6 Å². The van der Waals surface area contributed by atoms with Crippen molar-refractivity contribution in [1.82, 2.24) is 9.97 Å². The summed E-state index contributed by atoms with van der Waals surface area (Å²) in [6.45, 7) is 2.02. The Kier molecular flexibility index (Phi) is 3.62. The number of hydrogen-bond donors (Lipinski definition) is 1. The fourth-order valence-electron chi connectivity index (χ4n) is 2.23. The standard InChI is InChI=1S/C12H16ClN3O/c1-12(6-3-2-4-7-12)10(17)15-9-5-8-14-11(13)16-9/h5,8H,2-4,6-7H2,1H3,(H,14,15,16,17). The molecule has 1 aliphatic carbocycles. The van der Waals surface area contributed by atoms with Crippen LogP contribution in [0.3, 0.4) is 0 Å². The van der Waals surface area contributed by atoms with Crippen molar-refractivity contribution in [2.45, 2.75) is 39.0 Å². The molecule has 2 rings (SSSR count). The Hall–Kier alpha value is -1.16. The molecule has 1 aromatic rings. The molecule has 1 aromatic heterocycles. The van der Waals surface area contributed by atoms with Crippen LogP contribution in [0, 0.1) is 5.41 Å². The highest BCUT2D eigenvalue weighted by atomic mass is 35.5. The molecule has 0 saturated heterocycles. The molecule has 1 N–H and O–H groups in total. The Morgan fingerprint density at radius 2 is 2.12 bits per heavy atom. The molecule has 5 heteroatoms. The third-order valence-corrected chi connectivity index (χ3v) is 3.56. The molecule has 1 amide bonds. The first-order valence-corrected chi connectivity index (χ1v) is 6.28. The minimum atomic E-state index is -0.268. The first-order valence-electron chi connectivity index (χ1n) is 5.90. The van der Waals surface area contributed by atoms with Gasteiger partial charge in [0, 0.05) is 11.6 Å². The van der Waals surface area contributed by atoms with Crippen molar-refractivity contribution in [1.29, 1.82) is 0 Å². The Bertz CT molecular complexity index is 416. The first kappa shape index (κ1) is 12.3. The Morgan fingerprint density at radius 3 is 2.76 bits per heavy atom. The number of nitrogens with one attached hydrogen (secondary N) is 1. The van der Waals surface area contributed by atoms with E-state index in [1.165, 1.54) is 12.6 Å². The van der Waals surface area contributed by atoms with E-state index < -0.39 is 0 Å². The van der Waals surface area contributed by atoms with Crippen LogP contribution in [0.25, 0.3) is 0 Å². The summed E-state index contributed by atoms with van der Waals surface area (Å²) < 4.78 is 0. The summed E-state index contributed by atoms with van der Waals surface area (Å²) in [6.07, 6.45) is 6.88. The molecule has 0 aliphatic heterocycles. The van der Waals surface area contributed by atoms with Gasteiger partial charge in [-0.3, -0.25) is 4.79 Å². The Balaban J connectivity index is 2.05. The lowest BCUT2D eigenvalue weighted by Crippen LogP contribution is -2.35. The molecule has 1 saturated carbocycles. The first-order chi connectivity index (χ1) is 8.10. The molecule has 17 heavy (non-hydrogen) atoms. The Labute approximate surface area is 106 Å². The number of halogens is 1. The van der Waals surface area contributed by atoms with Gasteiger partial charge in [0.15, 0.2) is 0 Å². The number of hydrogen-bond acceptors (Lipinski definition) is 3. The number of rotatable bonds is 2. The van der Waals surface area contributed by atoms with Gasteiger partial charge in [-0.1, -0.05) is 26.2 Å². The molecule has 1 fully saturated rings. The lowest BCUT2D eigenvalue weighted by molar-refractivity contribution is -0.126. The summed E-state index contributed by atoms with van der Waals surface area (Å²) in [6, 6.07) is 1.65. The van der Waals surface area contributed by atoms with Crippen molar-refractivity contribution in [3.63, 3.8) is 0 Å². The summed E-state index contributed by atoms with van der Waals surface area (Å²) >= 11 is 5.68. The van der Waals surface area contributed by atoms with E-state index in [0.29, 0.717) is 5.82 Å². The minimum absolute atomic E-state index is 0.0342. The zero-order chi connectivity index (χ0) is 12.3. The number of carbonyl (C=O) groups is 1. The molecule has 0 spiro atoms. The van der Waals surface area contributed by atoms with Crippen molar-refractivity contribution < 1.29 is 4.79 Å². The Morgan fingerprint density at radius 1 is 1.41 bits per heavy atom. The van der Waals surface area contributed by atoms with Gasteiger partial charge in [-0.2, -0.15) is 0 Å². The quantitative estimate of drug-likeness (QED) is 0.825. The van der Waals surface area contributed by atoms with Gasteiger partial charge >= 0.3 is 0 Å². The van der Waals surface area contributed by atoms with Crippen LogP contribution in [0.15, 0.2) is 12.3 Å². The van der Waals surface area contributed by atoms with Crippen molar-refractivity contribution in [3.05, 3.63) is 17.5 Å². The molecular weight excluding hydrogens is 238 g/mol. The van der Waals surface area contributed by atoms with Crippen LogP contribution in [-0.4, -0.2) is 15.9 Å². The summed E-state index contributed by atoms with van der Waals surface area (Å²) in [5.74, 6) is 0.508. The number of amides is 1. The van der Waals surface area contributed by atoms with Gasteiger partial charge in [0.2, 0.25) is 11.2 Å². The second kappa shape index (κ2) is 5.00. The number of anilines is 1. The zero-order valence-corrected chi connectivity index (χ0v) is 10.6. The number of nitrogens with zero attached hydrogens (tertiary/aromatic N) is 2. The van der Waals surface area contributed by atoms with Crippen LogP contribution in [0.1, 0.15) is 39.0 Å². The van der Waals surface area contributed by atoms with Gasteiger partial charge in [-0.25, -0.2) is 9.97 Å². The van der Waals surface area contributed by atoms with Crippen molar-refractivity contribution in [2.24, 2.45) is 5.41 Å². The van der Waals surface area contributed by atoms with E-state index in [4.69, 9.17) is 11.6 Å². The number of carbonyl (C=O) groups excluding carboxylic acids is 1. The van der Waals surface area contributed by atoms with E-state index in [9.17, 15) is 4.79 Å². The largest absolute Gasteiger partial charge is 0.310 e. The molecule has 0 aromatic carbocycles. The summed E-state index contributed by atoms with van der Waals surface area (Å²) in [5, 5.41) is 2.97. The van der Waals surface area contributed by atoms with E-state index in [0.717, 1.165) is 25.7 Å². The van der Waals surface area contributed by atoms with E-state index in [2.05, 4.69) is 15.3 Å². The second-order valence-electron chi connectivity index (χ2n) is 4.79. The fourth-order valence-corrected chi connectivity index (χ4v) is 2.38. The van der Waals surface area contributed by atoms with Crippen LogP contribution in [0.5, 0.6) is 0 Å². The average molecular weight is 254 g/mol. The predicted molar refractivity (Wildman–Crippen MR) is 66.9 cm³/mol. The topological polar surface area (TPSA) is 54.9 Å². The van der Waals surface area contributed by atoms with Crippen LogP contribution in [0.2, 0.25) is 5.28 Å². The molecule has 1 heterocycles. The van der Waals surface area contributed by atoms with Crippen molar-refractivity contribution >= 4 is 23.3 Å². The second-order valence-corrected chi connectivity index (χ2v) is 5.12. The van der Waals surface area contributed by atoms with Gasteiger partial charge in [0.25, 0.3) is 0 Å². The van der Waals surface area contributed by atoms with E-state index >= 15 is 0 Å². The van der Waals surface area contributed by atoms with Gasteiger partial charge in [-0.05, 0) is 30.5 Å². The molecule has 0 radical (unpaired) electrons. The van der Waals surface area contributed by atoms with Gasteiger partial charge in [0.1, 0.15) is 5.82 Å². The molecule has 1 aliphatic rings. The SMILES string of the molecule is CC1(C(=O)Nc2ccnc(Cl)n2)CCCCC1. The van der Waals surface area contributed by atoms with Crippen LogP contribution >= 0.6 is 11.6 Å². The molecule has 0 atom stereocenters. The predicted octanol–water partition coefficient (Wildman–Crippen LogP) is 3.04. The number of aromatic nitrogens is 2. The monoisotopic (exact) mass is 253 g/mol. The smallest absolute Gasteiger partial charge is 0.231 e. The van der Waals surface area contributed by atoms with Gasteiger partial charge in [-0.15, -0.1) is 0 Å². The molecule has 92 valence electrons. The van der Waals surface area contributed by atoms with E-state index in [1.807, 2.05) is 6.92 Å². The molecule has 0 unspecified atom stereocenters. The summed E-state index contributed by atoms with van der Waals surface area (Å²) in [4.78, 5) is 19.9. The zero-order valence-electron chi connectivity index (χ0n) is 9.87. The third-order valence-electron chi connectivity index (χ3n) is 3.37.